The molecule has 0 bridgehead atoms. The Kier molecular flexibility index (Phi) is 2.67. The van der Waals surface area contributed by atoms with Gasteiger partial charge in [0.2, 0.25) is 0 Å². The second-order valence-corrected chi connectivity index (χ2v) is 5.51. The highest BCUT2D eigenvalue weighted by Gasteiger charge is 2.42. The molecule has 2 rings (SSSR count). The average Bonchev–Trinajstić information content (AvgIpc) is 2.89. The standard InChI is InChI=1S/C12H16BrN/c1-12(6-7-12)11(14)8-9-2-4-10(13)5-3-9/h2-5,11H,6-8,14H2,1H3. The Labute approximate surface area is 93.8 Å². The predicted octanol–water partition coefficient (Wildman–Crippen LogP) is 3.12. The van der Waals surface area contributed by atoms with E-state index in [2.05, 4.69) is 47.1 Å². The maximum absolute atomic E-state index is 6.17. The number of hydrogen-bond donors (Lipinski definition) is 1. The minimum Gasteiger partial charge on any atom is -0.327 e. The quantitative estimate of drug-likeness (QED) is 0.881. The molecule has 14 heavy (non-hydrogen) atoms. The van der Waals surface area contributed by atoms with Crippen molar-refractivity contribution in [3.8, 4) is 0 Å². The van der Waals surface area contributed by atoms with Gasteiger partial charge >= 0.3 is 0 Å². The molecular formula is C12H16BrN. The summed E-state index contributed by atoms with van der Waals surface area (Å²) in [6.07, 6.45) is 3.60. The van der Waals surface area contributed by atoms with E-state index < -0.39 is 0 Å². The number of benzene rings is 1. The van der Waals surface area contributed by atoms with Crippen molar-refractivity contribution in [3.63, 3.8) is 0 Å². The fraction of sp³-hybridized carbons (Fsp3) is 0.500. The SMILES string of the molecule is CC1(C(N)Cc2ccc(Br)cc2)CC1. The first kappa shape index (κ1) is 10.2. The highest BCUT2D eigenvalue weighted by molar-refractivity contribution is 9.10. The molecule has 2 N–H and O–H groups in total. The van der Waals surface area contributed by atoms with Crippen molar-refractivity contribution in [1.82, 2.24) is 0 Å². The lowest BCUT2D eigenvalue weighted by Crippen LogP contribution is -2.31. The number of halogens is 1. The van der Waals surface area contributed by atoms with Gasteiger partial charge in [0, 0.05) is 10.5 Å². The first-order valence-electron chi connectivity index (χ1n) is 5.10. The van der Waals surface area contributed by atoms with E-state index in [1.807, 2.05) is 0 Å². The van der Waals surface area contributed by atoms with Crippen LogP contribution in [0.1, 0.15) is 25.3 Å². The molecule has 2 heteroatoms. The topological polar surface area (TPSA) is 26.0 Å². The Morgan fingerprint density at radius 3 is 2.43 bits per heavy atom. The third-order valence-corrected chi connectivity index (χ3v) is 3.83. The van der Waals surface area contributed by atoms with Crippen LogP contribution in [0.25, 0.3) is 0 Å². The molecule has 1 aromatic rings. The second-order valence-electron chi connectivity index (χ2n) is 4.59. The Morgan fingerprint density at radius 1 is 1.36 bits per heavy atom. The van der Waals surface area contributed by atoms with Gasteiger partial charge in [-0.3, -0.25) is 0 Å². The van der Waals surface area contributed by atoms with Crippen molar-refractivity contribution in [3.05, 3.63) is 34.3 Å². The van der Waals surface area contributed by atoms with Crippen LogP contribution in [-0.4, -0.2) is 6.04 Å². The second kappa shape index (κ2) is 3.67. The summed E-state index contributed by atoms with van der Waals surface area (Å²) in [4.78, 5) is 0. The van der Waals surface area contributed by atoms with E-state index in [-0.39, 0.29) is 0 Å². The van der Waals surface area contributed by atoms with Gasteiger partial charge in [0.15, 0.2) is 0 Å². The molecule has 0 aromatic heterocycles. The highest BCUT2D eigenvalue weighted by Crippen LogP contribution is 2.48. The van der Waals surface area contributed by atoms with Crippen molar-refractivity contribution in [2.45, 2.75) is 32.2 Å². The van der Waals surface area contributed by atoms with Crippen molar-refractivity contribution in [2.75, 3.05) is 0 Å². The summed E-state index contributed by atoms with van der Waals surface area (Å²) in [5.41, 5.74) is 7.94. The lowest BCUT2D eigenvalue weighted by atomic mass is 9.93. The van der Waals surface area contributed by atoms with Gasteiger partial charge in [-0.25, -0.2) is 0 Å². The van der Waals surface area contributed by atoms with Gasteiger partial charge in [0.1, 0.15) is 0 Å². The smallest absolute Gasteiger partial charge is 0.0175 e. The molecule has 1 nitrogen and oxygen atoms in total. The molecule has 1 aliphatic carbocycles. The molecule has 0 heterocycles. The van der Waals surface area contributed by atoms with E-state index in [0.29, 0.717) is 11.5 Å². The zero-order valence-corrected chi connectivity index (χ0v) is 10.0. The molecule has 1 atom stereocenters. The Balaban J connectivity index is 2.00. The molecule has 1 unspecified atom stereocenters. The lowest BCUT2D eigenvalue weighted by molar-refractivity contribution is 0.433. The number of rotatable bonds is 3. The summed E-state index contributed by atoms with van der Waals surface area (Å²) in [5, 5.41) is 0. The van der Waals surface area contributed by atoms with Crippen LogP contribution in [0, 0.1) is 5.41 Å². The van der Waals surface area contributed by atoms with E-state index in [9.17, 15) is 0 Å². The molecular weight excluding hydrogens is 238 g/mol. The lowest BCUT2D eigenvalue weighted by Gasteiger charge is -2.18. The molecule has 0 radical (unpaired) electrons. The summed E-state index contributed by atoms with van der Waals surface area (Å²) >= 11 is 3.43. The van der Waals surface area contributed by atoms with Crippen molar-refractivity contribution in [1.29, 1.82) is 0 Å². The molecule has 0 amide bonds. The zero-order chi connectivity index (χ0) is 10.2. The maximum Gasteiger partial charge on any atom is 0.0175 e. The monoisotopic (exact) mass is 253 g/mol. The first-order chi connectivity index (χ1) is 6.60. The van der Waals surface area contributed by atoms with E-state index >= 15 is 0 Å². The van der Waals surface area contributed by atoms with Gasteiger partial charge in [0.05, 0.1) is 0 Å². The number of hydrogen-bond acceptors (Lipinski definition) is 1. The van der Waals surface area contributed by atoms with Gasteiger partial charge in [-0.1, -0.05) is 35.0 Å². The zero-order valence-electron chi connectivity index (χ0n) is 8.46. The largest absolute Gasteiger partial charge is 0.327 e. The summed E-state index contributed by atoms with van der Waals surface area (Å²) < 4.78 is 1.13. The molecule has 0 spiro atoms. The maximum atomic E-state index is 6.17. The summed E-state index contributed by atoms with van der Waals surface area (Å²) in [6, 6.07) is 8.78. The normalized spacial score (nSPS) is 20.5. The molecule has 0 aliphatic heterocycles. The Bertz CT molecular complexity index is 314. The van der Waals surface area contributed by atoms with E-state index in [1.165, 1.54) is 18.4 Å². The minimum atomic E-state index is 0.323. The first-order valence-corrected chi connectivity index (χ1v) is 5.89. The van der Waals surface area contributed by atoms with Crippen LogP contribution in [0.4, 0.5) is 0 Å². The van der Waals surface area contributed by atoms with Crippen molar-refractivity contribution >= 4 is 15.9 Å². The molecule has 76 valence electrons. The molecule has 1 fully saturated rings. The highest BCUT2D eigenvalue weighted by atomic mass is 79.9. The fourth-order valence-electron chi connectivity index (χ4n) is 1.69. The van der Waals surface area contributed by atoms with Crippen LogP contribution in [0.2, 0.25) is 0 Å². The van der Waals surface area contributed by atoms with Gasteiger partial charge in [-0.2, -0.15) is 0 Å². The molecule has 1 saturated carbocycles. The van der Waals surface area contributed by atoms with Crippen LogP contribution in [-0.2, 0) is 6.42 Å². The van der Waals surface area contributed by atoms with E-state index in [4.69, 9.17) is 5.73 Å². The summed E-state index contributed by atoms with van der Waals surface area (Å²) in [5.74, 6) is 0. The van der Waals surface area contributed by atoms with Crippen LogP contribution < -0.4 is 5.73 Å². The third kappa shape index (κ3) is 2.18. The van der Waals surface area contributed by atoms with Crippen molar-refractivity contribution < 1.29 is 0 Å². The van der Waals surface area contributed by atoms with Crippen molar-refractivity contribution in [2.24, 2.45) is 11.1 Å². The molecule has 0 saturated heterocycles. The summed E-state index contributed by atoms with van der Waals surface area (Å²) in [6.45, 7) is 2.29. The molecule has 1 aliphatic rings. The minimum absolute atomic E-state index is 0.323. The average molecular weight is 254 g/mol. The van der Waals surface area contributed by atoms with Gasteiger partial charge in [0.25, 0.3) is 0 Å². The van der Waals surface area contributed by atoms with Crippen LogP contribution >= 0.6 is 15.9 Å². The van der Waals surface area contributed by atoms with E-state index in [0.717, 1.165) is 10.9 Å². The van der Waals surface area contributed by atoms with Gasteiger partial charge < -0.3 is 5.73 Å². The Hall–Kier alpha value is -0.340. The van der Waals surface area contributed by atoms with Crippen LogP contribution in [0.3, 0.4) is 0 Å². The van der Waals surface area contributed by atoms with Gasteiger partial charge in [-0.15, -0.1) is 0 Å². The fourth-order valence-corrected chi connectivity index (χ4v) is 1.95. The molecule has 1 aromatic carbocycles. The van der Waals surface area contributed by atoms with Crippen LogP contribution in [0.15, 0.2) is 28.7 Å². The summed E-state index contributed by atoms with van der Waals surface area (Å²) in [7, 11) is 0. The number of nitrogens with two attached hydrogens (primary N) is 1. The van der Waals surface area contributed by atoms with Gasteiger partial charge in [-0.05, 0) is 42.4 Å². The predicted molar refractivity (Wildman–Crippen MR) is 63.2 cm³/mol. The Morgan fingerprint density at radius 2 is 1.93 bits per heavy atom. The van der Waals surface area contributed by atoms with E-state index in [1.54, 1.807) is 0 Å². The van der Waals surface area contributed by atoms with Crippen LogP contribution in [0.5, 0.6) is 0 Å². The third-order valence-electron chi connectivity index (χ3n) is 3.30.